The largest absolute Gasteiger partial charge is 0.497 e. The van der Waals surface area contributed by atoms with Crippen molar-refractivity contribution in [1.82, 2.24) is 4.98 Å². The summed E-state index contributed by atoms with van der Waals surface area (Å²) in [6.45, 7) is 0. The van der Waals surface area contributed by atoms with Gasteiger partial charge in [-0.05, 0) is 24.3 Å². The van der Waals surface area contributed by atoms with Crippen molar-refractivity contribution in [2.75, 3.05) is 7.11 Å². The van der Waals surface area contributed by atoms with Gasteiger partial charge in [-0.2, -0.15) is 13.2 Å². The van der Waals surface area contributed by atoms with Crippen LogP contribution in [0.25, 0.3) is 22.2 Å². The van der Waals surface area contributed by atoms with Gasteiger partial charge in [0.1, 0.15) is 5.75 Å². The Bertz CT molecular complexity index is 827. The van der Waals surface area contributed by atoms with Gasteiger partial charge in [-0.3, -0.25) is 0 Å². The number of aromatic nitrogens is 1. The molecule has 0 fully saturated rings. The lowest BCUT2D eigenvalue weighted by Crippen LogP contribution is -2.09. The number of fused-ring (bicyclic) bond motifs is 1. The molecule has 0 saturated carbocycles. The second kappa shape index (κ2) is 5.33. The number of halogens is 3. The first-order chi connectivity index (χ1) is 10.5. The van der Waals surface area contributed by atoms with Crippen LogP contribution in [0, 0.1) is 0 Å². The van der Waals surface area contributed by atoms with Crippen LogP contribution < -0.4 is 4.74 Å². The van der Waals surface area contributed by atoms with Crippen molar-refractivity contribution in [3.8, 4) is 17.0 Å². The van der Waals surface area contributed by atoms with Crippen LogP contribution in [0.3, 0.4) is 0 Å². The molecule has 22 heavy (non-hydrogen) atoms. The standard InChI is InChI=1S/C17H12F3NO/c1-22-13-7-4-6-12(9-13)16-14(17(18,19)20)10-11-5-2-3-8-15(11)21-16/h2-10H,1H3. The van der Waals surface area contributed by atoms with Crippen LogP contribution in [0.5, 0.6) is 5.75 Å². The molecule has 2 aromatic carbocycles. The van der Waals surface area contributed by atoms with Crippen LogP contribution in [-0.4, -0.2) is 12.1 Å². The molecule has 0 aliphatic heterocycles. The fraction of sp³-hybridized carbons (Fsp3) is 0.118. The van der Waals surface area contributed by atoms with E-state index in [-0.39, 0.29) is 5.69 Å². The summed E-state index contributed by atoms with van der Waals surface area (Å²) < 4.78 is 45.2. The first-order valence-electron chi connectivity index (χ1n) is 6.60. The molecule has 0 bridgehead atoms. The number of hydrogen-bond acceptors (Lipinski definition) is 2. The molecular formula is C17H12F3NO. The number of hydrogen-bond donors (Lipinski definition) is 0. The quantitative estimate of drug-likeness (QED) is 0.669. The minimum atomic E-state index is -4.48. The Labute approximate surface area is 125 Å². The zero-order valence-corrected chi connectivity index (χ0v) is 11.7. The van der Waals surface area contributed by atoms with Crippen LogP contribution >= 0.6 is 0 Å². The van der Waals surface area contributed by atoms with Crippen LogP contribution in [0.1, 0.15) is 5.56 Å². The van der Waals surface area contributed by atoms with Gasteiger partial charge in [0, 0.05) is 10.9 Å². The summed E-state index contributed by atoms with van der Waals surface area (Å²) in [4.78, 5) is 4.21. The number of nitrogens with zero attached hydrogens (tertiary/aromatic N) is 1. The fourth-order valence-electron chi connectivity index (χ4n) is 2.32. The minimum Gasteiger partial charge on any atom is -0.497 e. The molecule has 2 nitrogen and oxygen atoms in total. The molecule has 0 amide bonds. The smallest absolute Gasteiger partial charge is 0.418 e. The zero-order valence-electron chi connectivity index (χ0n) is 11.7. The summed E-state index contributed by atoms with van der Waals surface area (Å²) in [5.74, 6) is 0.487. The van der Waals surface area contributed by atoms with E-state index in [0.717, 1.165) is 6.07 Å². The topological polar surface area (TPSA) is 22.1 Å². The molecule has 3 aromatic rings. The average molecular weight is 303 g/mol. The van der Waals surface area contributed by atoms with Crippen molar-refractivity contribution in [2.24, 2.45) is 0 Å². The van der Waals surface area contributed by atoms with E-state index in [1.807, 2.05) is 0 Å². The van der Waals surface area contributed by atoms with Gasteiger partial charge in [0.2, 0.25) is 0 Å². The van der Waals surface area contributed by atoms with Gasteiger partial charge in [0.25, 0.3) is 0 Å². The number of benzene rings is 2. The Hall–Kier alpha value is -2.56. The second-order valence-electron chi connectivity index (χ2n) is 4.81. The van der Waals surface area contributed by atoms with E-state index in [4.69, 9.17) is 4.74 Å². The molecule has 1 heterocycles. The first-order valence-corrected chi connectivity index (χ1v) is 6.60. The molecule has 0 N–H and O–H groups in total. The summed E-state index contributed by atoms with van der Waals surface area (Å²) in [6.07, 6.45) is -4.48. The number of rotatable bonds is 2. The predicted octanol–water partition coefficient (Wildman–Crippen LogP) is 4.93. The maximum Gasteiger partial charge on any atom is 0.418 e. The van der Waals surface area contributed by atoms with Gasteiger partial charge in [-0.1, -0.05) is 30.3 Å². The summed E-state index contributed by atoms with van der Waals surface area (Å²) in [7, 11) is 1.47. The van der Waals surface area contributed by atoms with Crippen LogP contribution in [-0.2, 0) is 6.18 Å². The lowest BCUT2D eigenvalue weighted by molar-refractivity contribution is -0.137. The Morgan fingerprint density at radius 2 is 1.73 bits per heavy atom. The molecule has 112 valence electrons. The minimum absolute atomic E-state index is 0.0925. The van der Waals surface area contributed by atoms with Crippen LogP contribution in [0.4, 0.5) is 13.2 Å². The maximum atomic E-state index is 13.4. The number of alkyl halides is 3. The Kier molecular flexibility index (Phi) is 3.48. The molecule has 0 saturated heterocycles. The van der Waals surface area contributed by atoms with Gasteiger partial charge in [-0.15, -0.1) is 0 Å². The first kappa shape index (κ1) is 14.4. The van der Waals surface area contributed by atoms with E-state index in [1.165, 1.54) is 7.11 Å². The number of pyridine rings is 1. The van der Waals surface area contributed by atoms with Gasteiger partial charge >= 0.3 is 6.18 Å². The third-order valence-electron chi connectivity index (χ3n) is 3.37. The summed E-state index contributed by atoms with van der Waals surface area (Å²) in [5, 5.41) is 0.460. The van der Waals surface area contributed by atoms with E-state index in [1.54, 1.807) is 48.5 Å². The average Bonchev–Trinajstić information content (AvgIpc) is 2.53. The van der Waals surface area contributed by atoms with Gasteiger partial charge < -0.3 is 4.74 Å². The second-order valence-corrected chi connectivity index (χ2v) is 4.81. The highest BCUT2D eigenvalue weighted by atomic mass is 19.4. The highest BCUT2D eigenvalue weighted by Crippen LogP contribution is 2.38. The lowest BCUT2D eigenvalue weighted by atomic mass is 10.0. The van der Waals surface area contributed by atoms with E-state index < -0.39 is 11.7 Å². The monoisotopic (exact) mass is 303 g/mol. The van der Waals surface area contributed by atoms with E-state index in [0.29, 0.717) is 22.2 Å². The fourth-order valence-corrected chi connectivity index (χ4v) is 2.32. The molecule has 0 radical (unpaired) electrons. The molecule has 0 atom stereocenters. The molecule has 0 unspecified atom stereocenters. The summed E-state index contributed by atoms with van der Waals surface area (Å²) >= 11 is 0. The predicted molar refractivity (Wildman–Crippen MR) is 78.7 cm³/mol. The van der Waals surface area contributed by atoms with Gasteiger partial charge in [0.05, 0.1) is 23.9 Å². The number of para-hydroxylation sites is 1. The van der Waals surface area contributed by atoms with Crippen molar-refractivity contribution >= 4 is 10.9 Å². The molecule has 0 aliphatic rings. The Morgan fingerprint density at radius 1 is 0.955 bits per heavy atom. The maximum absolute atomic E-state index is 13.4. The van der Waals surface area contributed by atoms with Crippen molar-refractivity contribution in [3.05, 3.63) is 60.2 Å². The van der Waals surface area contributed by atoms with E-state index in [2.05, 4.69) is 4.98 Å². The normalized spacial score (nSPS) is 11.6. The number of methoxy groups -OCH3 is 1. The third kappa shape index (κ3) is 2.62. The van der Waals surface area contributed by atoms with Crippen molar-refractivity contribution in [2.45, 2.75) is 6.18 Å². The lowest BCUT2D eigenvalue weighted by Gasteiger charge is -2.14. The molecule has 3 rings (SSSR count). The third-order valence-corrected chi connectivity index (χ3v) is 3.37. The van der Waals surface area contributed by atoms with Gasteiger partial charge in [0.15, 0.2) is 0 Å². The van der Waals surface area contributed by atoms with Gasteiger partial charge in [-0.25, -0.2) is 4.98 Å². The molecule has 0 aliphatic carbocycles. The molecule has 1 aromatic heterocycles. The SMILES string of the molecule is COc1cccc(-c2nc3ccccc3cc2C(F)(F)F)c1. The highest BCUT2D eigenvalue weighted by Gasteiger charge is 2.35. The van der Waals surface area contributed by atoms with Crippen LogP contribution in [0.15, 0.2) is 54.6 Å². The van der Waals surface area contributed by atoms with Crippen LogP contribution in [0.2, 0.25) is 0 Å². The van der Waals surface area contributed by atoms with Crippen molar-refractivity contribution < 1.29 is 17.9 Å². The van der Waals surface area contributed by atoms with E-state index >= 15 is 0 Å². The molecular weight excluding hydrogens is 291 g/mol. The highest BCUT2D eigenvalue weighted by molar-refractivity contribution is 5.83. The molecule has 5 heteroatoms. The van der Waals surface area contributed by atoms with E-state index in [9.17, 15) is 13.2 Å². The summed E-state index contributed by atoms with van der Waals surface area (Å²) in [6, 6.07) is 14.3. The Balaban J connectivity index is 2.30. The zero-order chi connectivity index (χ0) is 15.7. The Morgan fingerprint density at radius 3 is 2.45 bits per heavy atom. The van der Waals surface area contributed by atoms with Crippen molar-refractivity contribution in [3.63, 3.8) is 0 Å². The number of ether oxygens (including phenoxy) is 1. The summed E-state index contributed by atoms with van der Waals surface area (Å²) in [5.41, 5.74) is 0.0512. The molecule has 0 spiro atoms. The van der Waals surface area contributed by atoms with Crippen molar-refractivity contribution in [1.29, 1.82) is 0 Å².